The molecule has 0 saturated carbocycles. The molecule has 0 radical (unpaired) electrons. The summed E-state index contributed by atoms with van der Waals surface area (Å²) in [6.07, 6.45) is 3.56. The lowest BCUT2D eigenvalue weighted by Gasteiger charge is -2.10. The van der Waals surface area contributed by atoms with E-state index in [1.165, 1.54) is 0 Å². The lowest BCUT2D eigenvalue weighted by atomic mass is 10.3. The van der Waals surface area contributed by atoms with Crippen molar-refractivity contribution < 1.29 is 13.2 Å². The van der Waals surface area contributed by atoms with Crippen LogP contribution in [0.2, 0.25) is 0 Å². The van der Waals surface area contributed by atoms with E-state index >= 15 is 0 Å². The first kappa shape index (κ1) is 15.7. The van der Waals surface area contributed by atoms with Gasteiger partial charge in [0.05, 0.1) is 11.4 Å². The summed E-state index contributed by atoms with van der Waals surface area (Å²) in [7, 11) is -3.37. The third kappa shape index (κ3) is 4.66. The van der Waals surface area contributed by atoms with Gasteiger partial charge in [-0.05, 0) is 20.3 Å². The average Bonchev–Trinajstić information content (AvgIpc) is 2.72. The Balaban J connectivity index is 2.65. The predicted molar refractivity (Wildman–Crippen MR) is 74.7 cm³/mol. The largest absolute Gasteiger partial charge is 0.310 e. The fourth-order valence-corrected chi connectivity index (χ4v) is 2.22. The van der Waals surface area contributed by atoms with Crippen molar-refractivity contribution in [3.8, 4) is 0 Å². The van der Waals surface area contributed by atoms with Crippen LogP contribution in [0.15, 0.2) is 12.3 Å². The van der Waals surface area contributed by atoms with Gasteiger partial charge in [-0.15, -0.1) is 0 Å². The molecule has 1 N–H and O–H groups in total. The number of nitrogens with zero attached hydrogens (tertiary/aromatic N) is 2. The highest BCUT2D eigenvalue weighted by Gasteiger charge is 2.21. The van der Waals surface area contributed by atoms with Crippen LogP contribution in [0.4, 0.5) is 5.82 Å². The van der Waals surface area contributed by atoms with Crippen molar-refractivity contribution in [3.05, 3.63) is 12.3 Å². The van der Waals surface area contributed by atoms with Crippen LogP contribution in [0.25, 0.3) is 0 Å². The summed E-state index contributed by atoms with van der Waals surface area (Å²) in [5.41, 5.74) is 0. The van der Waals surface area contributed by atoms with Gasteiger partial charge >= 0.3 is 0 Å². The summed E-state index contributed by atoms with van der Waals surface area (Å²) in [5, 5.41) is 6.13. The van der Waals surface area contributed by atoms with Gasteiger partial charge in [-0.3, -0.25) is 4.79 Å². The molecule has 0 atom stereocenters. The molecule has 0 unspecified atom stereocenters. The number of carbonyl (C=O) groups is 1. The number of hydrogen-bond acceptors (Lipinski definition) is 4. The first-order valence-electron chi connectivity index (χ1n) is 6.40. The summed E-state index contributed by atoms with van der Waals surface area (Å²) in [5.74, 6) is -0.478. The van der Waals surface area contributed by atoms with Crippen molar-refractivity contribution in [1.82, 2.24) is 9.78 Å². The minimum Gasteiger partial charge on any atom is -0.310 e. The van der Waals surface area contributed by atoms with Gasteiger partial charge < -0.3 is 5.32 Å². The molecule has 0 aliphatic rings. The van der Waals surface area contributed by atoms with Gasteiger partial charge in [0.25, 0.3) is 0 Å². The predicted octanol–water partition coefficient (Wildman–Crippen LogP) is 1.44. The van der Waals surface area contributed by atoms with Crippen LogP contribution < -0.4 is 5.32 Å². The maximum Gasteiger partial charge on any atom is 0.240 e. The summed E-state index contributed by atoms with van der Waals surface area (Å²) in [6.45, 7) is 5.90. The Morgan fingerprint density at radius 2 is 2.16 bits per heavy atom. The van der Waals surface area contributed by atoms with Crippen molar-refractivity contribution in [2.75, 3.05) is 11.1 Å². The summed E-state index contributed by atoms with van der Waals surface area (Å²) in [4.78, 5) is 11.7. The molecule has 0 aromatic carbocycles. The molecule has 108 valence electrons. The van der Waals surface area contributed by atoms with Gasteiger partial charge in [-0.2, -0.15) is 5.10 Å². The van der Waals surface area contributed by atoms with E-state index in [9.17, 15) is 13.2 Å². The third-order valence-corrected chi connectivity index (χ3v) is 4.86. The van der Waals surface area contributed by atoms with E-state index in [0.717, 1.165) is 12.8 Å². The van der Waals surface area contributed by atoms with Gasteiger partial charge in [-0.25, -0.2) is 13.1 Å². The zero-order valence-corrected chi connectivity index (χ0v) is 12.4. The molecule has 19 heavy (non-hydrogen) atoms. The van der Waals surface area contributed by atoms with Crippen LogP contribution in [-0.2, 0) is 21.2 Å². The highest BCUT2D eigenvalue weighted by Crippen LogP contribution is 2.09. The maximum atomic E-state index is 11.7. The summed E-state index contributed by atoms with van der Waals surface area (Å²) < 4.78 is 25.0. The second kappa shape index (κ2) is 6.70. The number of amides is 1. The molecule has 7 heteroatoms. The van der Waals surface area contributed by atoms with Crippen LogP contribution in [0.5, 0.6) is 0 Å². The molecule has 1 amide bonds. The zero-order chi connectivity index (χ0) is 14.5. The number of unbranched alkanes of at least 4 members (excludes halogenated alkanes) is 1. The highest BCUT2D eigenvalue weighted by atomic mass is 32.2. The molecule has 1 heterocycles. The van der Waals surface area contributed by atoms with Crippen LogP contribution >= 0.6 is 0 Å². The van der Waals surface area contributed by atoms with E-state index in [0.29, 0.717) is 12.4 Å². The van der Waals surface area contributed by atoms with E-state index in [4.69, 9.17) is 0 Å². The van der Waals surface area contributed by atoms with Gasteiger partial charge in [0, 0.05) is 12.6 Å². The Bertz CT molecular complexity index is 520. The van der Waals surface area contributed by atoms with Crippen LogP contribution in [0.3, 0.4) is 0 Å². The Morgan fingerprint density at radius 1 is 1.47 bits per heavy atom. The molecule has 0 fully saturated rings. The summed E-state index contributed by atoms with van der Waals surface area (Å²) >= 11 is 0. The normalized spacial score (nSPS) is 11.8. The van der Waals surface area contributed by atoms with Gasteiger partial charge in [0.2, 0.25) is 5.91 Å². The molecule has 0 aliphatic heterocycles. The number of sulfone groups is 1. The molecular weight excluding hydrogens is 266 g/mol. The standard InChI is InChI=1S/C12H21N3O3S/c1-4-5-8-15-11(6-7-13-15)14-12(16)9-19(17,18)10(2)3/h6-7,10H,4-5,8-9H2,1-3H3,(H,14,16). The van der Waals surface area contributed by atoms with E-state index in [-0.39, 0.29) is 0 Å². The Morgan fingerprint density at radius 3 is 2.74 bits per heavy atom. The Hall–Kier alpha value is -1.37. The SMILES string of the molecule is CCCCn1nccc1NC(=O)CS(=O)(=O)C(C)C. The fraction of sp³-hybridized carbons (Fsp3) is 0.667. The first-order chi connectivity index (χ1) is 8.86. The molecule has 1 rings (SSSR count). The van der Waals surface area contributed by atoms with Crippen molar-refractivity contribution >= 4 is 21.6 Å². The van der Waals surface area contributed by atoms with Crippen LogP contribution in [0.1, 0.15) is 33.6 Å². The zero-order valence-electron chi connectivity index (χ0n) is 11.6. The molecule has 1 aromatic rings. The van der Waals surface area contributed by atoms with Crippen molar-refractivity contribution in [1.29, 1.82) is 0 Å². The number of aryl methyl sites for hydroxylation is 1. The molecule has 1 aromatic heterocycles. The third-order valence-electron chi connectivity index (χ3n) is 2.76. The van der Waals surface area contributed by atoms with Crippen molar-refractivity contribution in [2.24, 2.45) is 0 Å². The minimum absolute atomic E-state index is 0.496. The Kier molecular flexibility index (Phi) is 5.53. The molecular formula is C12H21N3O3S. The van der Waals surface area contributed by atoms with Gasteiger partial charge in [-0.1, -0.05) is 13.3 Å². The molecule has 0 saturated heterocycles. The Labute approximate surface area is 114 Å². The topological polar surface area (TPSA) is 81.1 Å². The lowest BCUT2D eigenvalue weighted by molar-refractivity contribution is -0.113. The minimum atomic E-state index is -3.37. The van der Waals surface area contributed by atoms with Gasteiger partial charge in [0.15, 0.2) is 9.84 Å². The monoisotopic (exact) mass is 287 g/mol. The van der Waals surface area contributed by atoms with E-state index in [2.05, 4.69) is 17.3 Å². The summed E-state index contributed by atoms with van der Waals surface area (Å²) in [6, 6.07) is 1.66. The number of carbonyl (C=O) groups excluding carboxylic acids is 1. The molecule has 0 bridgehead atoms. The number of nitrogens with one attached hydrogen (secondary N) is 1. The lowest BCUT2D eigenvalue weighted by Crippen LogP contribution is -2.28. The first-order valence-corrected chi connectivity index (χ1v) is 8.11. The number of aromatic nitrogens is 2. The number of rotatable bonds is 7. The van der Waals surface area contributed by atoms with Crippen LogP contribution in [-0.4, -0.2) is 35.1 Å². The fourth-order valence-electron chi connectivity index (χ4n) is 1.45. The van der Waals surface area contributed by atoms with Crippen molar-refractivity contribution in [2.45, 2.75) is 45.4 Å². The smallest absolute Gasteiger partial charge is 0.240 e. The van der Waals surface area contributed by atoms with E-state index < -0.39 is 26.7 Å². The van der Waals surface area contributed by atoms with E-state index in [1.54, 1.807) is 30.8 Å². The second-order valence-corrected chi connectivity index (χ2v) is 7.25. The number of anilines is 1. The number of hydrogen-bond donors (Lipinski definition) is 1. The average molecular weight is 287 g/mol. The molecule has 6 nitrogen and oxygen atoms in total. The maximum absolute atomic E-state index is 11.7. The quantitative estimate of drug-likeness (QED) is 0.823. The highest BCUT2D eigenvalue weighted by molar-refractivity contribution is 7.92. The van der Waals surface area contributed by atoms with E-state index in [1.807, 2.05) is 0 Å². The molecule has 0 aliphatic carbocycles. The van der Waals surface area contributed by atoms with Gasteiger partial charge in [0.1, 0.15) is 11.6 Å². The van der Waals surface area contributed by atoms with Crippen LogP contribution in [0, 0.1) is 0 Å². The van der Waals surface area contributed by atoms with Crippen molar-refractivity contribution in [3.63, 3.8) is 0 Å². The second-order valence-electron chi connectivity index (χ2n) is 4.70. The molecule has 0 spiro atoms.